The molecular weight excluding hydrogens is 450 g/mol. The number of carbonyl (C=O) groups excluding carboxylic acids is 2. The number of nitrogens with two attached hydrogens (primary N) is 1. The van der Waals surface area contributed by atoms with Crippen molar-refractivity contribution in [3.05, 3.63) is 89.0 Å². The smallest absolute Gasteiger partial charge is 0.319 e. The van der Waals surface area contributed by atoms with Gasteiger partial charge in [-0.3, -0.25) is 4.79 Å². The van der Waals surface area contributed by atoms with Gasteiger partial charge in [-0.05, 0) is 99.8 Å². The summed E-state index contributed by atoms with van der Waals surface area (Å²) < 4.78 is 0. The van der Waals surface area contributed by atoms with E-state index in [9.17, 15) is 9.59 Å². The van der Waals surface area contributed by atoms with Gasteiger partial charge < -0.3 is 26.6 Å². The second kappa shape index (κ2) is 11.7. The third kappa shape index (κ3) is 6.43. The molecule has 4 rings (SSSR count). The average molecular weight is 486 g/mol. The molecule has 0 radical (unpaired) electrons. The van der Waals surface area contributed by atoms with Crippen molar-refractivity contribution in [2.45, 2.75) is 38.1 Å². The fraction of sp³-hybridized carbons (Fsp3) is 0.310. The second-order valence-corrected chi connectivity index (χ2v) is 9.56. The lowest BCUT2D eigenvalue weighted by molar-refractivity contribution is 0.102. The molecule has 1 atom stereocenters. The van der Waals surface area contributed by atoms with E-state index in [0.717, 1.165) is 43.5 Å². The number of fused-ring (bicyclic) bond motifs is 1. The number of rotatable bonds is 8. The summed E-state index contributed by atoms with van der Waals surface area (Å²) in [5, 5.41) is 9.08. The summed E-state index contributed by atoms with van der Waals surface area (Å²) in [6.45, 7) is 0.807. The van der Waals surface area contributed by atoms with Crippen molar-refractivity contribution >= 4 is 29.0 Å². The standard InChI is InChI=1S/C29H35N5O2/c1-34(2)19-18-25(32-29(36)33-26-13-7-9-20-8-3-4-10-23(20)26)21-14-16-22(17-15-21)28(35)31-27-12-6-5-11-24(27)30/h5-7,9,11-17,25H,3-4,8,10,18-19,30H2,1-2H3,(H,31,35)(H2,32,33,36). The highest BCUT2D eigenvalue weighted by Crippen LogP contribution is 2.28. The van der Waals surface area contributed by atoms with Gasteiger partial charge in [0.2, 0.25) is 0 Å². The molecule has 36 heavy (non-hydrogen) atoms. The number of amides is 3. The normalized spacial score (nSPS) is 13.5. The minimum absolute atomic E-state index is 0.200. The molecular formula is C29H35N5O2. The molecule has 0 aromatic heterocycles. The zero-order chi connectivity index (χ0) is 25.5. The summed E-state index contributed by atoms with van der Waals surface area (Å²) >= 11 is 0. The molecule has 0 saturated carbocycles. The predicted molar refractivity (Wildman–Crippen MR) is 146 cm³/mol. The largest absolute Gasteiger partial charge is 0.397 e. The first-order valence-corrected chi connectivity index (χ1v) is 12.5. The van der Waals surface area contributed by atoms with Crippen LogP contribution < -0.4 is 21.7 Å². The molecule has 0 heterocycles. The van der Waals surface area contributed by atoms with Crippen LogP contribution in [0.25, 0.3) is 0 Å². The Morgan fingerprint density at radius 1 is 0.889 bits per heavy atom. The molecule has 1 unspecified atom stereocenters. The van der Waals surface area contributed by atoms with Crippen LogP contribution in [0, 0.1) is 0 Å². The van der Waals surface area contributed by atoms with Crippen LogP contribution in [0.1, 0.15) is 52.4 Å². The summed E-state index contributed by atoms with van der Waals surface area (Å²) in [6, 6.07) is 20.2. The number of nitrogens with zero attached hydrogens (tertiary/aromatic N) is 1. The van der Waals surface area contributed by atoms with Crippen molar-refractivity contribution in [1.29, 1.82) is 0 Å². The Kier molecular flexibility index (Phi) is 8.23. The molecule has 0 fully saturated rings. The van der Waals surface area contributed by atoms with Crippen molar-refractivity contribution in [3.8, 4) is 0 Å². The van der Waals surface area contributed by atoms with E-state index in [4.69, 9.17) is 5.73 Å². The lowest BCUT2D eigenvalue weighted by Gasteiger charge is -2.23. The van der Waals surface area contributed by atoms with Gasteiger partial charge in [-0.2, -0.15) is 0 Å². The highest BCUT2D eigenvalue weighted by Gasteiger charge is 2.19. The molecule has 5 N–H and O–H groups in total. The molecule has 3 aromatic carbocycles. The molecule has 0 bridgehead atoms. The molecule has 7 nitrogen and oxygen atoms in total. The van der Waals surface area contributed by atoms with Crippen molar-refractivity contribution in [2.75, 3.05) is 37.0 Å². The van der Waals surface area contributed by atoms with Crippen molar-refractivity contribution in [3.63, 3.8) is 0 Å². The van der Waals surface area contributed by atoms with Crippen molar-refractivity contribution in [1.82, 2.24) is 10.2 Å². The first kappa shape index (κ1) is 25.3. The number of aryl methyl sites for hydroxylation is 1. The summed E-state index contributed by atoms with van der Waals surface area (Å²) in [5.41, 5.74) is 12.0. The molecule has 0 spiro atoms. The zero-order valence-electron chi connectivity index (χ0n) is 21.0. The van der Waals surface area contributed by atoms with Crippen LogP contribution in [0.5, 0.6) is 0 Å². The maximum Gasteiger partial charge on any atom is 0.319 e. The van der Waals surface area contributed by atoms with E-state index in [0.29, 0.717) is 16.9 Å². The summed E-state index contributed by atoms with van der Waals surface area (Å²) in [6.07, 6.45) is 5.14. The second-order valence-electron chi connectivity index (χ2n) is 9.56. The predicted octanol–water partition coefficient (Wildman–Crippen LogP) is 5.21. The first-order chi connectivity index (χ1) is 17.4. The third-order valence-electron chi connectivity index (χ3n) is 6.60. The van der Waals surface area contributed by atoms with E-state index >= 15 is 0 Å². The highest BCUT2D eigenvalue weighted by molar-refractivity contribution is 6.05. The van der Waals surface area contributed by atoms with E-state index in [1.807, 2.05) is 50.5 Å². The maximum absolute atomic E-state index is 13.0. The fourth-order valence-electron chi connectivity index (χ4n) is 4.60. The number of hydrogen-bond acceptors (Lipinski definition) is 4. The Hall–Kier alpha value is -3.84. The molecule has 3 aromatic rings. The summed E-state index contributed by atoms with van der Waals surface area (Å²) in [5.74, 6) is -0.233. The quantitative estimate of drug-likeness (QED) is 0.329. The van der Waals surface area contributed by atoms with Gasteiger partial charge in [-0.1, -0.05) is 36.4 Å². The molecule has 7 heteroatoms. The van der Waals surface area contributed by atoms with Gasteiger partial charge in [0.1, 0.15) is 0 Å². The number of carbonyl (C=O) groups is 2. The van der Waals surface area contributed by atoms with Crippen LogP contribution in [0.4, 0.5) is 21.9 Å². The minimum Gasteiger partial charge on any atom is -0.397 e. The van der Waals surface area contributed by atoms with Crippen LogP contribution >= 0.6 is 0 Å². The van der Waals surface area contributed by atoms with Gasteiger partial charge in [-0.15, -0.1) is 0 Å². The van der Waals surface area contributed by atoms with Crippen LogP contribution in [0.3, 0.4) is 0 Å². The molecule has 0 aliphatic heterocycles. The Balaban J connectivity index is 1.45. The molecule has 3 amide bonds. The van der Waals surface area contributed by atoms with Crippen molar-refractivity contribution in [2.24, 2.45) is 0 Å². The topological polar surface area (TPSA) is 99.5 Å². The maximum atomic E-state index is 13.0. The van der Waals surface area contributed by atoms with Gasteiger partial charge in [-0.25, -0.2) is 4.79 Å². The Morgan fingerprint density at radius 2 is 1.61 bits per heavy atom. The Bertz CT molecular complexity index is 1210. The van der Waals surface area contributed by atoms with Gasteiger partial charge in [0.15, 0.2) is 0 Å². The minimum atomic E-state index is -0.233. The average Bonchev–Trinajstić information content (AvgIpc) is 2.88. The zero-order valence-corrected chi connectivity index (χ0v) is 21.0. The first-order valence-electron chi connectivity index (χ1n) is 12.5. The lowest BCUT2D eigenvalue weighted by atomic mass is 9.90. The van der Waals surface area contributed by atoms with E-state index in [-0.39, 0.29) is 18.0 Å². The Morgan fingerprint density at radius 3 is 2.36 bits per heavy atom. The fourth-order valence-corrected chi connectivity index (χ4v) is 4.60. The van der Waals surface area contributed by atoms with E-state index in [1.54, 1.807) is 24.3 Å². The van der Waals surface area contributed by atoms with E-state index in [2.05, 4.69) is 26.9 Å². The van der Waals surface area contributed by atoms with Crippen molar-refractivity contribution < 1.29 is 9.59 Å². The van der Waals surface area contributed by atoms with Crippen LogP contribution in [-0.2, 0) is 12.8 Å². The number of para-hydroxylation sites is 2. The molecule has 188 valence electrons. The van der Waals surface area contributed by atoms with Gasteiger partial charge >= 0.3 is 6.03 Å². The number of urea groups is 1. The van der Waals surface area contributed by atoms with Gasteiger partial charge in [0.25, 0.3) is 5.91 Å². The summed E-state index contributed by atoms with van der Waals surface area (Å²) in [4.78, 5) is 27.8. The van der Waals surface area contributed by atoms with Crippen LogP contribution in [0.2, 0.25) is 0 Å². The van der Waals surface area contributed by atoms with Gasteiger partial charge in [0, 0.05) is 11.3 Å². The lowest BCUT2D eigenvalue weighted by Crippen LogP contribution is -2.34. The monoisotopic (exact) mass is 485 g/mol. The summed E-state index contributed by atoms with van der Waals surface area (Å²) in [7, 11) is 4.02. The number of nitrogens with one attached hydrogen (secondary N) is 3. The third-order valence-corrected chi connectivity index (χ3v) is 6.60. The number of hydrogen-bond donors (Lipinski definition) is 4. The van der Waals surface area contributed by atoms with Gasteiger partial charge in [0.05, 0.1) is 17.4 Å². The molecule has 1 aliphatic carbocycles. The Labute approximate surface area is 213 Å². The molecule has 0 saturated heterocycles. The van der Waals surface area contributed by atoms with Crippen LogP contribution in [-0.4, -0.2) is 37.5 Å². The SMILES string of the molecule is CN(C)CCC(NC(=O)Nc1cccc2c1CCCC2)c1ccc(C(=O)Nc2ccccc2N)cc1. The highest BCUT2D eigenvalue weighted by atomic mass is 16.2. The number of benzene rings is 3. The van der Waals surface area contributed by atoms with E-state index < -0.39 is 0 Å². The number of anilines is 3. The number of nitrogen functional groups attached to an aromatic ring is 1. The van der Waals surface area contributed by atoms with Crippen LogP contribution in [0.15, 0.2) is 66.7 Å². The molecule has 1 aliphatic rings. The van der Waals surface area contributed by atoms with E-state index in [1.165, 1.54) is 17.5 Å².